The van der Waals surface area contributed by atoms with E-state index >= 15 is 0 Å². The molecule has 0 aliphatic heterocycles. The van der Waals surface area contributed by atoms with Crippen molar-refractivity contribution in [3.63, 3.8) is 0 Å². The van der Waals surface area contributed by atoms with Crippen molar-refractivity contribution >= 4 is 5.82 Å². The van der Waals surface area contributed by atoms with Crippen LogP contribution in [0.1, 0.15) is 260 Å². The average molecular weight is 1660 g/mol. The Labute approximate surface area is 739 Å². The topological polar surface area (TPSA) is 190 Å². The summed E-state index contributed by atoms with van der Waals surface area (Å²) in [6, 6.07) is 83.9. The molecule has 0 bridgehead atoms. The van der Waals surface area contributed by atoms with Gasteiger partial charge in [-0.3, -0.25) is 24.7 Å². The molecule has 0 aliphatic rings. The van der Waals surface area contributed by atoms with Gasteiger partial charge in [0, 0.05) is 123 Å². The summed E-state index contributed by atoms with van der Waals surface area (Å²) < 4.78 is 17.2. The van der Waals surface area contributed by atoms with Gasteiger partial charge < -0.3 is 24.9 Å². The molecule has 3 N–H and O–H groups in total. The van der Waals surface area contributed by atoms with Crippen LogP contribution >= 0.6 is 0 Å². The fourth-order valence-corrected chi connectivity index (χ4v) is 11.0. The Hall–Kier alpha value is -11.8. The maximum absolute atomic E-state index is 10.9. The number of nitrogen functional groups attached to an aromatic ring is 1. The van der Waals surface area contributed by atoms with Crippen molar-refractivity contribution in [3.05, 3.63) is 388 Å². The highest BCUT2D eigenvalue weighted by Gasteiger charge is 2.22. The minimum atomic E-state index is -0.0302. The van der Waals surface area contributed by atoms with E-state index in [-0.39, 0.29) is 54.3 Å². The van der Waals surface area contributed by atoms with E-state index in [1.165, 1.54) is 39.6 Å². The summed E-state index contributed by atoms with van der Waals surface area (Å²) >= 11 is 0. The molecule has 9 heterocycles. The van der Waals surface area contributed by atoms with E-state index in [0.717, 1.165) is 63.9 Å². The summed E-state index contributed by atoms with van der Waals surface area (Å²) in [7, 11) is 0. The third-order valence-electron chi connectivity index (χ3n) is 18.9. The first-order chi connectivity index (χ1) is 57.5. The van der Waals surface area contributed by atoms with E-state index < -0.39 is 0 Å². The number of nitrogens with two attached hydrogens (primary N) is 1. The lowest BCUT2D eigenvalue weighted by Gasteiger charge is -2.21. The highest BCUT2D eigenvalue weighted by Crippen LogP contribution is 2.32. The van der Waals surface area contributed by atoms with Crippen LogP contribution < -0.4 is 25.5 Å². The molecule has 652 valence electrons. The second kappa shape index (κ2) is 48.2. The summed E-state index contributed by atoms with van der Waals surface area (Å²) in [6.07, 6.45) is 17.0. The monoisotopic (exact) mass is 1660 g/mol. The lowest BCUT2D eigenvalue weighted by molar-refractivity contribution is 0.285. The van der Waals surface area contributed by atoms with E-state index in [9.17, 15) is 4.79 Å². The van der Waals surface area contributed by atoms with E-state index in [1.54, 1.807) is 30.7 Å². The Morgan fingerprint density at radius 2 is 0.732 bits per heavy atom. The predicted octanol–water partition coefficient (Wildman–Crippen LogP) is 27.0. The van der Waals surface area contributed by atoms with Crippen LogP contribution in [0.15, 0.2) is 309 Å². The molecular weight excluding hydrogens is 1510 g/mol. The van der Waals surface area contributed by atoms with Crippen molar-refractivity contribution < 1.29 is 14.2 Å². The highest BCUT2D eigenvalue weighted by molar-refractivity contribution is 5.35. The molecule has 0 saturated carbocycles. The van der Waals surface area contributed by atoms with Crippen molar-refractivity contribution in [3.8, 4) is 23.4 Å². The van der Waals surface area contributed by atoms with Gasteiger partial charge in [0.1, 0.15) is 24.8 Å². The fourth-order valence-electron chi connectivity index (χ4n) is 11.0. The van der Waals surface area contributed by atoms with Crippen molar-refractivity contribution in [2.45, 2.75) is 262 Å². The fraction of sp³-hybridized carbons (Fsp3) is 0.367. The molecule has 9 aromatic heterocycles. The minimum absolute atomic E-state index is 0.0282. The Bertz CT molecular complexity index is 4890. The molecule has 0 amide bonds. The number of nitrogens with zero attached hydrogens (tertiary/aromatic N) is 8. The van der Waals surface area contributed by atoms with E-state index in [4.69, 9.17) is 19.9 Å². The molecule has 4 aromatic carbocycles. The molecule has 13 aromatic rings. The number of pyridine rings is 9. The lowest BCUT2D eigenvalue weighted by Crippen LogP contribution is -2.18. The van der Waals surface area contributed by atoms with Crippen molar-refractivity contribution in [2.75, 3.05) is 5.73 Å². The molecule has 0 atom stereocenters. The van der Waals surface area contributed by atoms with Gasteiger partial charge in [-0.1, -0.05) is 351 Å². The van der Waals surface area contributed by atoms with Crippen LogP contribution in [0.25, 0.3) is 0 Å². The first kappa shape index (κ1) is 102. The van der Waals surface area contributed by atoms with Gasteiger partial charge >= 0.3 is 0 Å². The van der Waals surface area contributed by atoms with Crippen LogP contribution in [-0.4, -0.2) is 44.9 Å². The van der Waals surface area contributed by atoms with Crippen LogP contribution in [0.2, 0.25) is 0 Å². The number of aromatic amines is 1. The average Bonchev–Trinajstić information content (AvgIpc) is 0.829. The van der Waals surface area contributed by atoms with Crippen LogP contribution in [0.3, 0.4) is 0 Å². The molecule has 14 heteroatoms. The van der Waals surface area contributed by atoms with Gasteiger partial charge in [0.2, 0.25) is 23.2 Å². The number of benzene rings is 4. The summed E-state index contributed by atoms with van der Waals surface area (Å²) in [5, 5.41) is 0. The van der Waals surface area contributed by atoms with E-state index in [2.05, 4.69) is 317 Å². The quantitative estimate of drug-likeness (QED) is 0.125. The zero-order valence-electron chi connectivity index (χ0n) is 79.0. The number of ether oxygens (including phenoxy) is 3. The second-order valence-electron chi connectivity index (χ2n) is 39.4. The molecular formula is C109H142N10O4. The first-order valence-corrected chi connectivity index (χ1v) is 42.7. The molecule has 0 aliphatic carbocycles. The standard InChI is InChI=1S/C17H21N.2C16H19NO.C15H17NO.C9H14N2.C9H13NO.3C9H13N/c1-17(2,3)15-10-12-16(18-13-15)11-9-14-7-5-4-6-8-14;1-16(2,3)14-10-7-11-17-15(14)18-12-13-8-5-4-6-9-13;1-16(2,3)14-9-10-15(17-11-14)18-12-13-7-5-4-6-8-13;1-15(2,3)13-10-7-11-14(16-13)17-12-8-5-4-6-9-12;1-9(2,3)7-5-4-6-8(10)11-7;1-9(2,3)7-5-4-6-8(11)10-7;2*1-9(2,3)8-5-4-6-10-7-8;1-9(2,3)8-6-4-5-7-10-8/h4-8,10,12-13H,9,11H2,1-3H3;2*4-11H,12H2,1-3H3;4-11H,1-3H3;4-6H,1-3H3,(H2,10,11);4-6H,1-3H3,(H,10,11);3*4-7H,1-3H3. The van der Waals surface area contributed by atoms with Crippen molar-refractivity contribution in [1.82, 2.24) is 44.9 Å². The molecule has 13 rings (SSSR count). The van der Waals surface area contributed by atoms with Crippen LogP contribution in [0.5, 0.6) is 23.4 Å². The molecule has 0 fully saturated rings. The first-order valence-electron chi connectivity index (χ1n) is 42.7. The smallest absolute Gasteiger partial charge is 0.248 e. The minimum Gasteiger partial charge on any atom is -0.473 e. The maximum Gasteiger partial charge on any atom is 0.248 e. The summed E-state index contributed by atoms with van der Waals surface area (Å²) in [5.74, 6) is 3.45. The summed E-state index contributed by atoms with van der Waals surface area (Å²) in [5.41, 5.74) is 22.0. The number of para-hydroxylation sites is 1. The lowest BCUT2D eigenvalue weighted by atomic mass is 9.88. The number of hydrogen-bond donors (Lipinski definition) is 2. The number of H-pyrrole nitrogens is 1. The Morgan fingerprint density at radius 3 is 1.12 bits per heavy atom. The SMILES string of the molecule is CC(C)(C)c1ccc(CCc2ccccc2)nc1.CC(C)(C)c1ccc(OCc2ccccc2)nc1.CC(C)(C)c1cccc(=O)[nH]1.CC(C)(C)c1cccc(N)n1.CC(C)(C)c1cccc(Oc2ccccc2)n1.CC(C)(C)c1ccccn1.CC(C)(C)c1cccnc1.CC(C)(C)c1cccnc1.CC(C)(C)c1cccnc1OCc1ccccc1. The second-order valence-corrected chi connectivity index (χ2v) is 39.4. The van der Waals surface area contributed by atoms with Gasteiger partial charge in [-0.2, -0.15) is 0 Å². The Morgan fingerprint density at radius 1 is 0.301 bits per heavy atom. The van der Waals surface area contributed by atoms with Gasteiger partial charge in [0.15, 0.2) is 0 Å². The number of nitrogens with one attached hydrogen (secondary N) is 1. The largest absolute Gasteiger partial charge is 0.473 e. The van der Waals surface area contributed by atoms with Crippen LogP contribution in [0, 0.1) is 0 Å². The normalized spacial score (nSPS) is 11.4. The van der Waals surface area contributed by atoms with Crippen molar-refractivity contribution in [1.29, 1.82) is 0 Å². The molecule has 14 nitrogen and oxygen atoms in total. The van der Waals surface area contributed by atoms with Gasteiger partial charge in [0.25, 0.3) is 0 Å². The third kappa shape index (κ3) is 40.6. The van der Waals surface area contributed by atoms with Crippen LogP contribution in [-0.2, 0) is 74.8 Å². The van der Waals surface area contributed by atoms with E-state index in [0.29, 0.717) is 30.8 Å². The Kier molecular flexibility index (Phi) is 39.9. The van der Waals surface area contributed by atoms with Crippen molar-refractivity contribution in [2.24, 2.45) is 0 Å². The molecule has 0 radical (unpaired) electrons. The molecule has 0 unspecified atom stereocenters. The predicted molar refractivity (Wildman–Crippen MR) is 516 cm³/mol. The van der Waals surface area contributed by atoms with Gasteiger partial charge in [-0.15, -0.1) is 0 Å². The van der Waals surface area contributed by atoms with Gasteiger partial charge in [-0.05, 0) is 152 Å². The third-order valence-corrected chi connectivity index (χ3v) is 18.9. The van der Waals surface area contributed by atoms with Gasteiger partial charge in [0.05, 0.1) is 0 Å². The summed E-state index contributed by atoms with van der Waals surface area (Å²) in [6.45, 7) is 59.4. The summed E-state index contributed by atoms with van der Waals surface area (Å²) in [4.78, 5) is 48.0. The highest BCUT2D eigenvalue weighted by atomic mass is 16.5. The number of aryl methyl sites for hydroxylation is 2. The van der Waals surface area contributed by atoms with Crippen LogP contribution in [0.4, 0.5) is 5.82 Å². The maximum atomic E-state index is 10.9. The molecule has 0 saturated heterocycles. The number of aromatic nitrogens is 9. The van der Waals surface area contributed by atoms with Gasteiger partial charge in [-0.25, -0.2) is 19.9 Å². The number of hydrogen-bond acceptors (Lipinski definition) is 13. The zero-order valence-corrected chi connectivity index (χ0v) is 79.0. The number of rotatable bonds is 11. The van der Waals surface area contributed by atoms with E-state index in [1.807, 2.05) is 183 Å². The molecule has 0 spiro atoms. The molecule has 123 heavy (non-hydrogen) atoms. The Balaban J connectivity index is 0.000000249. The zero-order chi connectivity index (χ0) is 91.1. The number of anilines is 1.